The molecule has 0 bridgehead atoms. The minimum atomic E-state index is -1.42. The SMILES string of the molecule is CC(C)(C)OC(=O)NC[C@@H](C(=O)O)C(C)(C)O. The minimum absolute atomic E-state index is 0.187. The van der Waals surface area contributed by atoms with E-state index in [1.807, 2.05) is 0 Å². The number of carboxylic acid groups (broad SMARTS) is 1. The average molecular weight is 247 g/mol. The fourth-order valence-electron chi connectivity index (χ4n) is 1.14. The molecule has 0 rings (SSSR count). The summed E-state index contributed by atoms with van der Waals surface area (Å²) in [4.78, 5) is 22.2. The van der Waals surface area contributed by atoms with E-state index in [0.717, 1.165) is 0 Å². The number of carbonyl (C=O) groups excluding carboxylic acids is 1. The van der Waals surface area contributed by atoms with E-state index in [2.05, 4.69) is 5.32 Å². The van der Waals surface area contributed by atoms with E-state index in [1.165, 1.54) is 13.8 Å². The predicted octanol–water partition coefficient (Wildman–Crippen LogP) is 0.983. The van der Waals surface area contributed by atoms with Crippen LogP contribution < -0.4 is 5.32 Å². The maximum absolute atomic E-state index is 11.3. The number of amides is 1. The van der Waals surface area contributed by atoms with Gasteiger partial charge in [0.1, 0.15) is 11.5 Å². The first-order valence-corrected chi connectivity index (χ1v) is 5.35. The zero-order valence-electron chi connectivity index (χ0n) is 10.9. The fraction of sp³-hybridized carbons (Fsp3) is 0.818. The summed E-state index contributed by atoms with van der Waals surface area (Å²) in [5.74, 6) is -2.26. The second-order valence-electron chi connectivity index (χ2n) is 5.43. The smallest absolute Gasteiger partial charge is 0.407 e. The lowest BCUT2D eigenvalue weighted by atomic mass is 9.91. The van der Waals surface area contributed by atoms with Crippen LogP contribution >= 0.6 is 0 Å². The van der Waals surface area contributed by atoms with E-state index >= 15 is 0 Å². The molecule has 0 aromatic carbocycles. The molecule has 0 saturated heterocycles. The Labute approximate surface area is 101 Å². The summed E-state index contributed by atoms with van der Waals surface area (Å²) in [5, 5.41) is 20.8. The second kappa shape index (κ2) is 5.35. The molecule has 0 radical (unpaired) electrons. The van der Waals surface area contributed by atoms with Gasteiger partial charge >= 0.3 is 12.1 Å². The summed E-state index contributed by atoms with van der Waals surface area (Å²) in [5.41, 5.74) is -2.06. The molecule has 0 saturated carbocycles. The van der Waals surface area contributed by atoms with Gasteiger partial charge in [0.05, 0.1) is 5.60 Å². The van der Waals surface area contributed by atoms with Gasteiger partial charge in [0.25, 0.3) is 0 Å². The van der Waals surface area contributed by atoms with E-state index in [4.69, 9.17) is 9.84 Å². The van der Waals surface area contributed by atoms with Crippen molar-refractivity contribution in [3.8, 4) is 0 Å². The summed E-state index contributed by atoms with van der Waals surface area (Å²) in [6.45, 7) is 7.69. The fourth-order valence-corrected chi connectivity index (χ4v) is 1.14. The number of hydrogen-bond donors (Lipinski definition) is 3. The van der Waals surface area contributed by atoms with Crippen molar-refractivity contribution in [3.05, 3.63) is 0 Å². The van der Waals surface area contributed by atoms with Crippen LogP contribution in [0.15, 0.2) is 0 Å². The molecule has 0 aliphatic heterocycles. The number of ether oxygens (including phenoxy) is 1. The lowest BCUT2D eigenvalue weighted by molar-refractivity contribution is -0.149. The number of alkyl carbamates (subject to hydrolysis) is 1. The summed E-state index contributed by atoms with van der Waals surface area (Å²) < 4.78 is 4.96. The van der Waals surface area contributed by atoms with Gasteiger partial charge in [-0.3, -0.25) is 4.79 Å². The molecule has 0 aromatic heterocycles. The Morgan fingerprint density at radius 3 is 2.00 bits per heavy atom. The van der Waals surface area contributed by atoms with Crippen molar-refractivity contribution in [3.63, 3.8) is 0 Å². The predicted molar refractivity (Wildman–Crippen MR) is 61.7 cm³/mol. The number of carbonyl (C=O) groups is 2. The van der Waals surface area contributed by atoms with Gasteiger partial charge in [-0.15, -0.1) is 0 Å². The minimum Gasteiger partial charge on any atom is -0.481 e. The molecule has 0 heterocycles. The van der Waals surface area contributed by atoms with Gasteiger partial charge in [0.15, 0.2) is 0 Å². The molecule has 17 heavy (non-hydrogen) atoms. The maximum atomic E-state index is 11.3. The summed E-state index contributed by atoms with van der Waals surface area (Å²) in [6.07, 6.45) is -0.701. The van der Waals surface area contributed by atoms with Gasteiger partial charge in [-0.25, -0.2) is 4.79 Å². The second-order valence-corrected chi connectivity index (χ2v) is 5.43. The molecular formula is C11H21NO5. The Balaban J connectivity index is 4.34. The van der Waals surface area contributed by atoms with Crippen LogP contribution in [0.25, 0.3) is 0 Å². The summed E-state index contributed by atoms with van der Waals surface area (Å²) in [7, 11) is 0. The Morgan fingerprint density at radius 1 is 1.24 bits per heavy atom. The first kappa shape index (κ1) is 15.7. The van der Waals surface area contributed by atoms with Crippen molar-refractivity contribution in [2.45, 2.75) is 45.8 Å². The quantitative estimate of drug-likeness (QED) is 0.688. The molecule has 3 N–H and O–H groups in total. The molecule has 1 amide bonds. The van der Waals surface area contributed by atoms with E-state index in [9.17, 15) is 14.7 Å². The number of aliphatic carboxylic acids is 1. The molecule has 100 valence electrons. The van der Waals surface area contributed by atoms with E-state index in [0.29, 0.717) is 0 Å². The number of aliphatic hydroxyl groups is 1. The highest BCUT2D eigenvalue weighted by Crippen LogP contribution is 2.16. The number of hydrogen-bond acceptors (Lipinski definition) is 4. The van der Waals surface area contributed by atoms with Gasteiger partial charge < -0.3 is 20.3 Å². The Bertz CT molecular complexity index is 287. The van der Waals surface area contributed by atoms with E-state index < -0.39 is 29.2 Å². The topological polar surface area (TPSA) is 95.9 Å². The van der Waals surface area contributed by atoms with E-state index in [1.54, 1.807) is 20.8 Å². The van der Waals surface area contributed by atoms with Gasteiger partial charge in [0, 0.05) is 6.54 Å². The Kier molecular flexibility index (Phi) is 4.94. The molecule has 0 spiro atoms. The molecule has 0 aliphatic rings. The van der Waals surface area contributed by atoms with Gasteiger partial charge in [-0.1, -0.05) is 0 Å². The summed E-state index contributed by atoms with van der Waals surface area (Å²) in [6, 6.07) is 0. The van der Waals surface area contributed by atoms with Gasteiger partial charge in [-0.05, 0) is 34.6 Å². The highest BCUT2D eigenvalue weighted by molar-refractivity contribution is 5.73. The molecule has 0 aromatic rings. The number of rotatable bonds is 4. The van der Waals surface area contributed by atoms with Crippen LogP contribution in [0.2, 0.25) is 0 Å². The van der Waals surface area contributed by atoms with Gasteiger partial charge in [-0.2, -0.15) is 0 Å². The van der Waals surface area contributed by atoms with Crippen LogP contribution in [-0.2, 0) is 9.53 Å². The number of nitrogens with one attached hydrogen (secondary N) is 1. The van der Waals surface area contributed by atoms with Crippen LogP contribution in [-0.4, -0.2) is 40.0 Å². The van der Waals surface area contributed by atoms with Crippen molar-refractivity contribution in [1.29, 1.82) is 0 Å². The molecule has 6 nitrogen and oxygen atoms in total. The monoisotopic (exact) mass is 247 g/mol. The highest BCUT2D eigenvalue weighted by atomic mass is 16.6. The molecule has 1 atom stereocenters. The van der Waals surface area contributed by atoms with Crippen molar-refractivity contribution in [2.75, 3.05) is 6.54 Å². The van der Waals surface area contributed by atoms with E-state index in [-0.39, 0.29) is 6.54 Å². The standard InChI is InChI=1S/C11H21NO5/c1-10(2,3)17-9(15)12-6-7(8(13)14)11(4,5)16/h7,16H,6H2,1-5H3,(H,12,15)(H,13,14)/t7-/m0/s1. The first-order chi connectivity index (χ1) is 7.43. The normalized spacial score (nSPS) is 14.0. The third-order valence-corrected chi connectivity index (χ3v) is 2.00. The van der Waals surface area contributed by atoms with Crippen LogP contribution in [0.4, 0.5) is 4.79 Å². The molecule has 0 fully saturated rings. The maximum Gasteiger partial charge on any atom is 0.407 e. The Hall–Kier alpha value is -1.30. The molecule has 0 aliphatic carbocycles. The first-order valence-electron chi connectivity index (χ1n) is 5.35. The van der Waals surface area contributed by atoms with Crippen LogP contribution in [0, 0.1) is 5.92 Å². The van der Waals surface area contributed by atoms with Crippen LogP contribution in [0.5, 0.6) is 0 Å². The number of carboxylic acids is 1. The zero-order valence-corrected chi connectivity index (χ0v) is 10.9. The van der Waals surface area contributed by atoms with Crippen LogP contribution in [0.3, 0.4) is 0 Å². The Morgan fingerprint density at radius 2 is 1.71 bits per heavy atom. The third-order valence-electron chi connectivity index (χ3n) is 2.00. The third kappa shape index (κ3) is 6.78. The summed E-state index contributed by atoms with van der Waals surface area (Å²) >= 11 is 0. The van der Waals surface area contributed by atoms with Crippen molar-refractivity contribution in [2.24, 2.45) is 5.92 Å². The highest BCUT2D eigenvalue weighted by Gasteiger charge is 2.33. The largest absolute Gasteiger partial charge is 0.481 e. The van der Waals surface area contributed by atoms with Crippen molar-refractivity contribution >= 4 is 12.1 Å². The lowest BCUT2D eigenvalue weighted by Crippen LogP contribution is -2.45. The van der Waals surface area contributed by atoms with Crippen LogP contribution in [0.1, 0.15) is 34.6 Å². The van der Waals surface area contributed by atoms with Gasteiger partial charge in [0.2, 0.25) is 0 Å². The van der Waals surface area contributed by atoms with Crippen molar-refractivity contribution in [1.82, 2.24) is 5.32 Å². The molecule has 0 unspecified atom stereocenters. The molecule has 6 heteroatoms. The zero-order chi connectivity index (χ0) is 13.9. The average Bonchev–Trinajstić information content (AvgIpc) is 1.96. The van der Waals surface area contributed by atoms with Crippen molar-refractivity contribution < 1.29 is 24.5 Å². The molecular weight excluding hydrogens is 226 g/mol. The lowest BCUT2D eigenvalue weighted by Gasteiger charge is -2.26.